The molecule has 0 aliphatic heterocycles. The molecule has 1 aromatic heterocycles. The molecule has 2 atom stereocenters. The highest BCUT2D eigenvalue weighted by Gasteiger charge is 2.15. The van der Waals surface area contributed by atoms with Gasteiger partial charge >= 0.3 is 0 Å². The van der Waals surface area contributed by atoms with Crippen LogP contribution in [0.2, 0.25) is 0 Å². The molecule has 186 valence electrons. The second-order valence-electron chi connectivity index (χ2n) is 8.10. The molecule has 4 N–H and O–H groups in total. The van der Waals surface area contributed by atoms with Gasteiger partial charge in [-0.1, -0.05) is 48.5 Å². The molecule has 0 bridgehead atoms. The van der Waals surface area contributed by atoms with Crippen LogP contribution in [0, 0.1) is 4.78 Å². The maximum absolute atomic E-state index is 11.6. The number of hydrogen-bond donors (Lipinski definition) is 5. The first kappa shape index (κ1) is 25.2. The SMILES string of the molecule is CCOc1ccc(-c2cnc(Nc3cccc([SH](=N)=O)c3)nc2NC(CO)Cc2ccccc2)cc1. The first-order valence-electron chi connectivity index (χ1n) is 11.6. The Balaban J connectivity index is 1.66. The summed E-state index contributed by atoms with van der Waals surface area (Å²) in [5.74, 6) is 1.68. The van der Waals surface area contributed by atoms with Gasteiger partial charge in [-0.25, -0.2) is 9.19 Å². The van der Waals surface area contributed by atoms with Gasteiger partial charge in [-0.2, -0.15) is 4.98 Å². The highest BCUT2D eigenvalue weighted by molar-refractivity contribution is 7.73. The number of thiol groups is 1. The standard InChI is InChI=1S/C27H29N5O3S/c1-2-35-23-13-11-20(12-14-23)25-17-29-27(31-21-9-6-10-24(16-21)36(28)34)32-26(25)30-22(18-33)15-19-7-4-3-5-8-19/h3-14,16-17,22,28,33,36H,2,15,18H2,1H3,(H2,29,30,31,32). The quantitative estimate of drug-likeness (QED) is 0.185. The van der Waals surface area contributed by atoms with Crippen LogP contribution in [0.4, 0.5) is 17.5 Å². The summed E-state index contributed by atoms with van der Waals surface area (Å²) in [4.78, 5) is 9.62. The van der Waals surface area contributed by atoms with E-state index in [-0.39, 0.29) is 12.6 Å². The maximum Gasteiger partial charge on any atom is 0.229 e. The minimum Gasteiger partial charge on any atom is -0.494 e. The molecular formula is C27H29N5O3S. The Kier molecular flexibility index (Phi) is 8.48. The second kappa shape index (κ2) is 12.1. The van der Waals surface area contributed by atoms with E-state index in [1.807, 2.05) is 61.5 Å². The van der Waals surface area contributed by atoms with Crippen molar-refractivity contribution in [1.82, 2.24) is 9.97 Å². The number of anilines is 3. The fraction of sp³-hybridized carbons (Fsp3) is 0.185. The molecule has 2 unspecified atom stereocenters. The van der Waals surface area contributed by atoms with E-state index in [0.29, 0.717) is 35.4 Å². The lowest BCUT2D eigenvalue weighted by Crippen LogP contribution is -2.27. The minimum atomic E-state index is -2.20. The van der Waals surface area contributed by atoms with Crippen LogP contribution in [-0.2, 0) is 17.0 Å². The van der Waals surface area contributed by atoms with E-state index in [1.54, 1.807) is 30.5 Å². The smallest absolute Gasteiger partial charge is 0.229 e. The topological polar surface area (TPSA) is 120 Å². The molecule has 8 nitrogen and oxygen atoms in total. The summed E-state index contributed by atoms with van der Waals surface area (Å²) in [6, 6.07) is 24.2. The number of aliphatic hydroxyl groups is 1. The molecule has 9 heteroatoms. The van der Waals surface area contributed by atoms with Crippen molar-refractivity contribution in [2.45, 2.75) is 24.3 Å². The lowest BCUT2D eigenvalue weighted by molar-refractivity contribution is 0.273. The zero-order chi connectivity index (χ0) is 25.3. The van der Waals surface area contributed by atoms with Gasteiger partial charge in [-0.15, -0.1) is 0 Å². The molecule has 0 radical (unpaired) electrons. The summed E-state index contributed by atoms with van der Waals surface area (Å²) in [6.07, 6.45) is 2.34. The number of aromatic nitrogens is 2. The summed E-state index contributed by atoms with van der Waals surface area (Å²) in [7, 11) is -2.20. The first-order chi connectivity index (χ1) is 17.6. The van der Waals surface area contributed by atoms with Crippen molar-refractivity contribution in [3.05, 3.63) is 90.6 Å². The number of benzene rings is 3. The van der Waals surface area contributed by atoms with Crippen molar-refractivity contribution < 1.29 is 14.1 Å². The van der Waals surface area contributed by atoms with Gasteiger partial charge in [0.2, 0.25) is 5.95 Å². The Labute approximate surface area is 212 Å². The van der Waals surface area contributed by atoms with Crippen molar-refractivity contribution in [2.24, 2.45) is 0 Å². The number of ether oxygens (including phenoxy) is 1. The average Bonchev–Trinajstić information content (AvgIpc) is 2.90. The fourth-order valence-corrected chi connectivity index (χ4v) is 4.23. The molecule has 0 amide bonds. The van der Waals surface area contributed by atoms with Crippen LogP contribution in [-0.4, -0.2) is 38.5 Å². The van der Waals surface area contributed by atoms with Gasteiger partial charge in [0.05, 0.1) is 29.9 Å². The molecule has 0 saturated heterocycles. The van der Waals surface area contributed by atoms with Gasteiger partial charge in [0.1, 0.15) is 11.6 Å². The predicted molar refractivity (Wildman–Crippen MR) is 144 cm³/mol. The van der Waals surface area contributed by atoms with Crippen LogP contribution < -0.4 is 15.4 Å². The minimum absolute atomic E-state index is 0.0804. The van der Waals surface area contributed by atoms with Gasteiger partial charge in [0.15, 0.2) is 0 Å². The molecule has 0 aliphatic carbocycles. The lowest BCUT2D eigenvalue weighted by Gasteiger charge is -2.20. The third kappa shape index (κ3) is 6.59. The van der Waals surface area contributed by atoms with E-state index in [0.717, 1.165) is 22.4 Å². The Bertz CT molecular complexity index is 1350. The summed E-state index contributed by atoms with van der Waals surface area (Å²) < 4.78 is 24.6. The molecule has 4 rings (SSSR count). The van der Waals surface area contributed by atoms with Crippen molar-refractivity contribution in [3.63, 3.8) is 0 Å². The zero-order valence-corrected chi connectivity index (χ0v) is 20.8. The third-order valence-corrected chi connectivity index (χ3v) is 6.24. The van der Waals surface area contributed by atoms with E-state index >= 15 is 0 Å². The number of nitrogens with zero attached hydrogens (tertiary/aromatic N) is 2. The summed E-state index contributed by atoms with van der Waals surface area (Å²) in [6.45, 7) is 2.45. The van der Waals surface area contributed by atoms with E-state index in [1.165, 1.54) is 0 Å². The first-order valence-corrected chi connectivity index (χ1v) is 12.9. The summed E-state index contributed by atoms with van der Waals surface area (Å²) in [5.41, 5.74) is 3.40. The van der Waals surface area contributed by atoms with Gasteiger partial charge in [0, 0.05) is 22.3 Å². The summed E-state index contributed by atoms with van der Waals surface area (Å²) in [5, 5.41) is 16.6. The molecule has 3 aromatic carbocycles. The van der Waals surface area contributed by atoms with E-state index < -0.39 is 10.6 Å². The van der Waals surface area contributed by atoms with E-state index in [4.69, 9.17) is 14.5 Å². The Hall–Kier alpha value is -3.95. The van der Waals surface area contributed by atoms with Crippen molar-refractivity contribution in [3.8, 4) is 16.9 Å². The monoisotopic (exact) mass is 503 g/mol. The van der Waals surface area contributed by atoms with Crippen LogP contribution in [0.5, 0.6) is 5.75 Å². The lowest BCUT2D eigenvalue weighted by atomic mass is 10.0. The van der Waals surface area contributed by atoms with Crippen molar-refractivity contribution in [1.29, 1.82) is 4.78 Å². The fourth-order valence-electron chi connectivity index (χ4n) is 3.75. The Morgan fingerprint density at radius 1 is 1.06 bits per heavy atom. The maximum atomic E-state index is 11.6. The molecular weight excluding hydrogens is 474 g/mol. The zero-order valence-electron chi connectivity index (χ0n) is 19.9. The van der Waals surface area contributed by atoms with Gasteiger partial charge in [0.25, 0.3) is 0 Å². The van der Waals surface area contributed by atoms with Crippen LogP contribution in [0.1, 0.15) is 12.5 Å². The Morgan fingerprint density at radius 2 is 1.83 bits per heavy atom. The number of nitrogens with one attached hydrogen (secondary N) is 3. The predicted octanol–water partition coefficient (Wildman–Crippen LogP) is 4.90. The third-order valence-electron chi connectivity index (χ3n) is 5.49. The van der Waals surface area contributed by atoms with E-state index in [9.17, 15) is 9.32 Å². The van der Waals surface area contributed by atoms with Crippen molar-refractivity contribution in [2.75, 3.05) is 23.8 Å². The molecule has 1 heterocycles. The van der Waals surface area contributed by atoms with E-state index in [2.05, 4.69) is 15.6 Å². The van der Waals surface area contributed by atoms with Crippen LogP contribution in [0.25, 0.3) is 11.1 Å². The van der Waals surface area contributed by atoms with Gasteiger partial charge in [-0.05, 0) is 54.8 Å². The van der Waals surface area contributed by atoms with Crippen molar-refractivity contribution >= 4 is 28.0 Å². The molecule has 0 fully saturated rings. The number of rotatable bonds is 11. The Morgan fingerprint density at radius 3 is 2.53 bits per heavy atom. The highest BCUT2D eigenvalue weighted by Crippen LogP contribution is 2.30. The van der Waals surface area contributed by atoms with Crippen LogP contribution in [0.3, 0.4) is 0 Å². The van der Waals surface area contributed by atoms with Gasteiger partial charge in [-0.3, -0.25) is 4.78 Å². The number of aliphatic hydroxyl groups excluding tert-OH is 1. The number of hydrogen-bond acceptors (Lipinski definition) is 8. The summed E-state index contributed by atoms with van der Waals surface area (Å²) >= 11 is 0. The van der Waals surface area contributed by atoms with Crippen LogP contribution >= 0.6 is 0 Å². The molecule has 36 heavy (non-hydrogen) atoms. The normalized spacial score (nSPS) is 12.5. The second-order valence-corrected chi connectivity index (χ2v) is 9.20. The molecule has 4 aromatic rings. The highest BCUT2D eigenvalue weighted by atomic mass is 32.2. The average molecular weight is 504 g/mol. The van der Waals surface area contributed by atoms with Crippen LogP contribution in [0.15, 0.2) is 90.0 Å². The molecule has 0 spiro atoms. The van der Waals surface area contributed by atoms with Gasteiger partial charge < -0.3 is 20.5 Å². The molecule has 0 saturated carbocycles. The largest absolute Gasteiger partial charge is 0.494 e. The molecule has 0 aliphatic rings.